The van der Waals surface area contributed by atoms with Crippen LogP contribution in [0.15, 0.2) is 39.4 Å². The van der Waals surface area contributed by atoms with E-state index in [0.29, 0.717) is 4.67 Å². The summed E-state index contributed by atoms with van der Waals surface area (Å²) in [7, 11) is 0. The molecule has 0 bridgehead atoms. The Morgan fingerprint density at radius 2 is 2.00 bits per heavy atom. The van der Waals surface area contributed by atoms with Crippen LogP contribution in [-0.2, 0) is 9.53 Å². The number of amides is 1. The zero-order valence-corrected chi connectivity index (χ0v) is 12.8. The Morgan fingerprint density at radius 1 is 1.27 bits per heavy atom. The molecule has 0 aliphatic rings. The van der Waals surface area contributed by atoms with Gasteiger partial charge in [-0.1, -0.05) is 0 Å². The molecule has 0 spiro atoms. The second-order valence-electron chi connectivity index (χ2n) is 4.26. The van der Waals surface area contributed by atoms with Gasteiger partial charge in [-0.3, -0.25) is 4.79 Å². The molecule has 0 radical (unpaired) electrons. The Hall–Kier alpha value is -2.22. The Balaban J connectivity index is 2.00. The Bertz CT molecular complexity index is 717. The van der Waals surface area contributed by atoms with Gasteiger partial charge in [0.1, 0.15) is 11.6 Å². The molecule has 0 saturated carbocycles. The number of anilines is 1. The number of hydrogen-bond donors (Lipinski definition) is 1. The van der Waals surface area contributed by atoms with Crippen LogP contribution in [0, 0.1) is 11.6 Å². The molecule has 1 atom stereocenters. The number of rotatable bonds is 4. The minimum atomic E-state index is -1.22. The number of furan rings is 1. The first-order chi connectivity index (χ1) is 10.4. The first-order valence-electron chi connectivity index (χ1n) is 6.09. The lowest BCUT2D eigenvalue weighted by Gasteiger charge is -2.13. The quantitative estimate of drug-likeness (QED) is 0.832. The molecule has 1 amide bonds. The third-order valence-corrected chi connectivity index (χ3v) is 3.04. The van der Waals surface area contributed by atoms with Gasteiger partial charge in [-0.05, 0) is 47.1 Å². The predicted octanol–water partition coefficient (Wildman–Crippen LogP) is 3.50. The Labute approximate surface area is 132 Å². The van der Waals surface area contributed by atoms with Gasteiger partial charge in [-0.2, -0.15) is 0 Å². The Kier molecular flexibility index (Phi) is 4.92. The van der Waals surface area contributed by atoms with Crippen molar-refractivity contribution < 1.29 is 27.5 Å². The highest BCUT2D eigenvalue weighted by molar-refractivity contribution is 9.10. The lowest BCUT2D eigenvalue weighted by atomic mass is 10.2. The van der Waals surface area contributed by atoms with Crippen LogP contribution in [0.5, 0.6) is 0 Å². The van der Waals surface area contributed by atoms with Crippen molar-refractivity contribution >= 4 is 33.5 Å². The van der Waals surface area contributed by atoms with Crippen LogP contribution in [0.2, 0.25) is 0 Å². The van der Waals surface area contributed by atoms with E-state index in [1.165, 1.54) is 19.1 Å². The van der Waals surface area contributed by atoms with Crippen molar-refractivity contribution in [1.29, 1.82) is 0 Å². The van der Waals surface area contributed by atoms with Gasteiger partial charge >= 0.3 is 5.97 Å². The molecule has 1 aromatic heterocycles. The van der Waals surface area contributed by atoms with E-state index in [9.17, 15) is 18.4 Å². The lowest BCUT2D eigenvalue weighted by molar-refractivity contribution is -0.123. The number of nitrogens with one attached hydrogen (secondary N) is 1. The standard InChI is InChI=1S/C14H10BrF2NO4/c1-7(21-14(20)11-4-5-12(15)22-11)13(19)18-10-6-8(16)2-3-9(10)17/h2-7H,1H3,(H,18,19). The van der Waals surface area contributed by atoms with Crippen molar-refractivity contribution in [2.24, 2.45) is 0 Å². The number of carbonyl (C=O) groups excluding carboxylic acids is 2. The zero-order chi connectivity index (χ0) is 16.3. The van der Waals surface area contributed by atoms with Crippen molar-refractivity contribution in [2.75, 3.05) is 5.32 Å². The SMILES string of the molecule is CC(OC(=O)c1ccc(Br)o1)C(=O)Nc1cc(F)ccc1F. The molecule has 116 valence electrons. The third-order valence-electron chi connectivity index (χ3n) is 2.61. The molecule has 1 unspecified atom stereocenters. The topological polar surface area (TPSA) is 68.5 Å². The van der Waals surface area contributed by atoms with E-state index < -0.39 is 29.6 Å². The highest BCUT2D eigenvalue weighted by atomic mass is 79.9. The normalized spacial score (nSPS) is 11.8. The van der Waals surface area contributed by atoms with E-state index >= 15 is 0 Å². The summed E-state index contributed by atoms with van der Waals surface area (Å²) in [5.74, 6) is -3.26. The van der Waals surface area contributed by atoms with E-state index in [4.69, 9.17) is 9.15 Å². The van der Waals surface area contributed by atoms with Gasteiger partial charge in [0.25, 0.3) is 5.91 Å². The average molecular weight is 374 g/mol. The van der Waals surface area contributed by atoms with Gasteiger partial charge in [-0.15, -0.1) is 0 Å². The number of ether oxygens (including phenoxy) is 1. The van der Waals surface area contributed by atoms with Crippen LogP contribution in [0.1, 0.15) is 17.5 Å². The van der Waals surface area contributed by atoms with E-state index in [-0.39, 0.29) is 11.4 Å². The number of hydrogen-bond acceptors (Lipinski definition) is 4. The minimum absolute atomic E-state index is 0.0940. The molecule has 22 heavy (non-hydrogen) atoms. The summed E-state index contributed by atoms with van der Waals surface area (Å²) in [5, 5.41) is 2.14. The van der Waals surface area contributed by atoms with Gasteiger partial charge in [0.2, 0.25) is 5.76 Å². The summed E-state index contributed by atoms with van der Waals surface area (Å²) in [6, 6.07) is 5.48. The summed E-state index contributed by atoms with van der Waals surface area (Å²) in [4.78, 5) is 23.5. The first-order valence-corrected chi connectivity index (χ1v) is 6.88. The molecule has 2 aromatic rings. The van der Waals surface area contributed by atoms with E-state index in [2.05, 4.69) is 21.2 Å². The molecule has 8 heteroatoms. The smallest absolute Gasteiger partial charge is 0.375 e. The molecule has 0 aliphatic heterocycles. The van der Waals surface area contributed by atoms with Gasteiger partial charge in [0.15, 0.2) is 10.8 Å². The summed E-state index contributed by atoms with van der Waals surface area (Å²) in [6.07, 6.45) is -1.22. The van der Waals surface area contributed by atoms with Crippen LogP contribution in [0.3, 0.4) is 0 Å². The summed E-state index contributed by atoms with van der Waals surface area (Å²) >= 11 is 3.02. The van der Waals surface area contributed by atoms with Gasteiger partial charge in [-0.25, -0.2) is 13.6 Å². The van der Waals surface area contributed by atoms with Crippen LogP contribution in [-0.4, -0.2) is 18.0 Å². The predicted molar refractivity (Wildman–Crippen MR) is 76.3 cm³/mol. The summed E-state index contributed by atoms with van der Waals surface area (Å²) in [6.45, 7) is 1.29. The van der Waals surface area contributed by atoms with Crippen molar-refractivity contribution in [3.8, 4) is 0 Å². The van der Waals surface area contributed by atoms with Gasteiger partial charge in [0.05, 0.1) is 5.69 Å². The highest BCUT2D eigenvalue weighted by Crippen LogP contribution is 2.17. The molecule has 0 saturated heterocycles. The van der Waals surface area contributed by atoms with E-state index in [1.54, 1.807) is 0 Å². The van der Waals surface area contributed by atoms with Crippen molar-refractivity contribution in [1.82, 2.24) is 0 Å². The number of esters is 1. The van der Waals surface area contributed by atoms with Crippen LogP contribution >= 0.6 is 15.9 Å². The lowest BCUT2D eigenvalue weighted by Crippen LogP contribution is -2.30. The maximum absolute atomic E-state index is 13.4. The molecule has 1 aromatic carbocycles. The zero-order valence-electron chi connectivity index (χ0n) is 11.2. The Morgan fingerprint density at radius 3 is 2.64 bits per heavy atom. The maximum atomic E-state index is 13.4. The average Bonchev–Trinajstić information content (AvgIpc) is 2.89. The minimum Gasteiger partial charge on any atom is -0.447 e. The largest absolute Gasteiger partial charge is 0.447 e. The fourth-order valence-electron chi connectivity index (χ4n) is 1.52. The number of halogens is 3. The van der Waals surface area contributed by atoms with Crippen LogP contribution in [0.4, 0.5) is 14.5 Å². The molecule has 0 aliphatic carbocycles. The second kappa shape index (κ2) is 6.69. The first kappa shape index (κ1) is 16.2. The molecule has 2 rings (SSSR count). The number of carbonyl (C=O) groups is 2. The molecular weight excluding hydrogens is 364 g/mol. The maximum Gasteiger partial charge on any atom is 0.375 e. The van der Waals surface area contributed by atoms with E-state index in [0.717, 1.165) is 18.2 Å². The molecule has 0 fully saturated rings. The van der Waals surface area contributed by atoms with Crippen molar-refractivity contribution in [3.63, 3.8) is 0 Å². The van der Waals surface area contributed by atoms with Crippen molar-refractivity contribution in [3.05, 3.63) is 52.4 Å². The van der Waals surface area contributed by atoms with Gasteiger partial charge < -0.3 is 14.5 Å². The van der Waals surface area contributed by atoms with Crippen molar-refractivity contribution in [2.45, 2.75) is 13.0 Å². The summed E-state index contributed by atoms with van der Waals surface area (Å²) in [5.41, 5.74) is -0.339. The molecule has 1 N–H and O–H groups in total. The fourth-order valence-corrected chi connectivity index (χ4v) is 1.83. The third kappa shape index (κ3) is 3.91. The van der Waals surface area contributed by atoms with Crippen LogP contribution < -0.4 is 5.32 Å². The van der Waals surface area contributed by atoms with Gasteiger partial charge in [0, 0.05) is 6.07 Å². The van der Waals surface area contributed by atoms with E-state index in [1.807, 2.05) is 0 Å². The fraction of sp³-hybridized carbons (Fsp3) is 0.143. The van der Waals surface area contributed by atoms with Crippen LogP contribution in [0.25, 0.3) is 0 Å². The second-order valence-corrected chi connectivity index (χ2v) is 5.05. The number of benzene rings is 1. The summed E-state index contributed by atoms with van der Waals surface area (Å²) < 4.78 is 36.6. The molecular formula is C14H10BrF2NO4. The molecule has 5 nitrogen and oxygen atoms in total. The highest BCUT2D eigenvalue weighted by Gasteiger charge is 2.22. The molecule has 1 heterocycles. The monoisotopic (exact) mass is 373 g/mol.